The van der Waals surface area contributed by atoms with E-state index >= 15 is 0 Å². The highest BCUT2D eigenvalue weighted by atomic mass is 28.4. The maximum Gasteiger partial charge on any atom is 0.302 e. The third-order valence-corrected chi connectivity index (χ3v) is 13.6. The van der Waals surface area contributed by atoms with Crippen LogP contribution in [0, 0.1) is 11.8 Å². The van der Waals surface area contributed by atoms with Crippen molar-refractivity contribution in [1.82, 2.24) is 0 Å². The number of ether oxygens (including phenoxy) is 1. The number of ketones is 1. The molecule has 0 spiro atoms. The molecule has 0 saturated heterocycles. The van der Waals surface area contributed by atoms with Crippen LogP contribution in [-0.4, -0.2) is 32.8 Å². The van der Waals surface area contributed by atoms with Gasteiger partial charge in [0.2, 0.25) is 8.32 Å². The van der Waals surface area contributed by atoms with Crippen molar-refractivity contribution < 1.29 is 18.8 Å². The lowest BCUT2D eigenvalue weighted by atomic mass is 9.85. The molecule has 0 aromatic rings. The number of carbonyl (C=O) groups excluding carboxylic acids is 2. The number of allylic oxidation sites excluding steroid dienone is 3. The summed E-state index contributed by atoms with van der Waals surface area (Å²) in [7, 11) is -1.93. The zero-order valence-corrected chi connectivity index (χ0v) is 22.0. The van der Waals surface area contributed by atoms with E-state index < -0.39 is 8.32 Å². The molecule has 4 nitrogen and oxygen atoms in total. The van der Waals surface area contributed by atoms with Crippen molar-refractivity contribution in [1.29, 1.82) is 0 Å². The molecule has 2 bridgehead atoms. The van der Waals surface area contributed by atoms with Gasteiger partial charge in [0.1, 0.15) is 12.4 Å². The Labute approximate surface area is 191 Å². The summed E-state index contributed by atoms with van der Waals surface area (Å²) in [6.45, 7) is 17.8. The van der Waals surface area contributed by atoms with E-state index in [1.807, 2.05) is 6.08 Å². The predicted octanol–water partition coefficient (Wildman–Crippen LogP) is 6.76. The van der Waals surface area contributed by atoms with Crippen molar-refractivity contribution in [3.8, 4) is 0 Å². The molecule has 2 aliphatic carbocycles. The highest BCUT2D eigenvalue weighted by Crippen LogP contribution is 2.49. The zero-order chi connectivity index (χ0) is 23.3. The highest BCUT2D eigenvalue weighted by molar-refractivity contribution is 6.77. The van der Waals surface area contributed by atoms with E-state index in [0.717, 1.165) is 32.1 Å². The lowest BCUT2D eigenvalue weighted by Crippen LogP contribution is -2.51. The van der Waals surface area contributed by atoms with E-state index in [-0.39, 0.29) is 23.9 Å². The van der Waals surface area contributed by atoms with Gasteiger partial charge in [-0.3, -0.25) is 9.59 Å². The van der Waals surface area contributed by atoms with Crippen molar-refractivity contribution in [3.05, 3.63) is 23.3 Å². The number of hydrogen-bond acceptors (Lipinski definition) is 4. The Morgan fingerprint density at radius 3 is 2.23 bits per heavy atom. The van der Waals surface area contributed by atoms with Gasteiger partial charge in [0.05, 0.1) is 0 Å². The van der Waals surface area contributed by atoms with E-state index in [4.69, 9.17) is 9.16 Å². The summed E-state index contributed by atoms with van der Waals surface area (Å²) in [4.78, 5) is 23.7. The van der Waals surface area contributed by atoms with Crippen LogP contribution in [0.2, 0.25) is 16.6 Å². The Morgan fingerprint density at radius 2 is 1.68 bits per heavy atom. The van der Waals surface area contributed by atoms with E-state index in [9.17, 15) is 9.59 Å². The van der Waals surface area contributed by atoms with Crippen molar-refractivity contribution in [2.75, 3.05) is 6.61 Å². The van der Waals surface area contributed by atoms with E-state index in [2.05, 4.69) is 54.5 Å². The molecule has 0 aromatic carbocycles. The Balaban J connectivity index is 2.03. The zero-order valence-electron chi connectivity index (χ0n) is 21.0. The van der Waals surface area contributed by atoms with Gasteiger partial charge in [-0.2, -0.15) is 0 Å². The van der Waals surface area contributed by atoms with Crippen LogP contribution < -0.4 is 0 Å². The number of Topliss-reactive ketones (excluding diaryl/α,β-unsaturated/α-hetero) is 1. The fourth-order valence-electron chi connectivity index (χ4n) is 6.05. The van der Waals surface area contributed by atoms with Crippen LogP contribution in [0.3, 0.4) is 0 Å². The van der Waals surface area contributed by atoms with Gasteiger partial charge in [-0.05, 0) is 61.7 Å². The molecule has 3 atom stereocenters. The molecule has 2 aliphatic rings. The lowest BCUT2D eigenvalue weighted by molar-refractivity contribution is -0.139. The SMILES string of the molecule is CC(=O)OC/C=C(\C)CC/C=C1\CC2CC(O[Si](C(C)C)(C(C)C)C(C)C)CC1C2=O. The summed E-state index contributed by atoms with van der Waals surface area (Å²) < 4.78 is 12.0. The summed E-state index contributed by atoms with van der Waals surface area (Å²) in [5.41, 5.74) is 4.26. The van der Waals surface area contributed by atoms with Crippen LogP contribution in [0.4, 0.5) is 0 Å². The molecule has 3 unspecified atom stereocenters. The maximum atomic E-state index is 12.9. The van der Waals surface area contributed by atoms with E-state index in [0.29, 0.717) is 29.0 Å². The molecule has 2 fully saturated rings. The molecule has 0 radical (unpaired) electrons. The molecular formula is C26H44O4Si. The molecule has 176 valence electrons. The molecule has 0 amide bonds. The number of rotatable bonds is 10. The van der Waals surface area contributed by atoms with Gasteiger partial charge in [0.15, 0.2) is 0 Å². The summed E-state index contributed by atoms with van der Waals surface area (Å²) >= 11 is 0. The van der Waals surface area contributed by atoms with Gasteiger partial charge in [-0.25, -0.2) is 0 Å². The van der Waals surface area contributed by atoms with Gasteiger partial charge in [0, 0.05) is 24.9 Å². The summed E-state index contributed by atoms with van der Waals surface area (Å²) in [6.07, 6.45) is 9.03. The molecule has 0 N–H and O–H groups in total. The molecule has 0 heterocycles. The maximum absolute atomic E-state index is 12.9. The molecule has 0 aliphatic heterocycles. The van der Waals surface area contributed by atoms with Gasteiger partial charge in [0.25, 0.3) is 0 Å². The second-order valence-electron chi connectivity index (χ2n) is 10.6. The number of carbonyl (C=O) groups is 2. The molecule has 31 heavy (non-hydrogen) atoms. The summed E-state index contributed by atoms with van der Waals surface area (Å²) in [5, 5.41) is 0. The third-order valence-electron chi connectivity index (χ3n) is 7.46. The lowest BCUT2D eigenvalue weighted by Gasteiger charge is -2.46. The second kappa shape index (κ2) is 11.1. The first-order valence-corrected chi connectivity index (χ1v) is 14.3. The van der Waals surface area contributed by atoms with Crippen LogP contribution in [0.15, 0.2) is 23.3 Å². The minimum Gasteiger partial charge on any atom is -0.462 e. The number of hydrogen-bond donors (Lipinski definition) is 0. The first-order valence-electron chi connectivity index (χ1n) is 12.2. The molecular weight excluding hydrogens is 404 g/mol. The van der Waals surface area contributed by atoms with Crippen molar-refractivity contribution in [3.63, 3.8) is 0 Å². The Hall–Kier alpha value is -1.20. The van der Waals surface area contributed by atoms with Crippen LogP contribution >= 0.6 is 0 Å². The molecule has 0 aromatic heterocycles. The average Bonchev–Trinajstić information content (AvgIpc) is 2.83. The normalized spacial score (nSPS) is 25.9. The Kier molecular flexibility index (Phi) is 9.32. The van der Waals surface area contributed by atoms with Crippen molar-refractivity contribution in [2.45, 2.75) is 110 Å². The van der Waals surface area contributed by atoms with Crippen LogP contribution in [0.1, 0.15) is 87.5 Å². The molecule has 2 saturated carbocycles. The molecule has 5 heteroatoms. The first-order chi connectivity index (χ1) is 14.5. The third kappa shape index (κ3) is 6.19. The van der Waals surface area contributed by atoms with E-state index in [1.54, 1.807) is 0 Å². The minimum atomic E-state index is -1.93. The standard InChI is InChI=1S/C26H44O4Si/c1-17(2)31(18(3)4,19(5)6)30-24-15-23-14-22(25(16-24)26(23)28)11-9-10-20(7)12-13-29-21(8)27/h11-12,17-19,23-25H,9-10,13-16H2,1-8H3/b20-12+,22-11+. The Bertz CT molecular complexity index is 682. The largest absolute Gasteiger partial charge is 0.462 e. The average molecular weight is 449 g/mol. The van der Waals surface area contributed by atoms with Crippen molar-refractivity contribution >= 4 is 20.1 Å². The van der Waals surface area contributed by atoms with Crippen LogP contribution in [0.25, 0.3) is 0 Å². The summed E-state index contributed by atoms with van der Waals surface area (Å²) in [5.74, 6) is 0.402. The van der Waals surface area contributed by atoms with Crippen molar-refractivity contribution in [2.24, 2.45) is 11.8 Å². The molecule has 2 rings (SSSR count). The topological polar surface area (TPSA) is 52.6 Å². The van der Waals surface area contributed by atoms with Crippen LogP contribution in [-0.2, 0) is 18.8 Å². The second-order valence-corrected chi connectivity index (χ2v) is 16.0. The number of esters is 1. The van der Waals surface area contributed by atoms with Crippen LogP contribution in [0.5, 0.6) is 0 Å². The highest BCUT2D eigenvalue weighted by Gasteiger charge is 2.50. The number of fused-ring (bicyclic) bond motifs is 2. The minimum absolute atomic E-state index is 0.0623. The Morgan fingerprint density at radius 1 is 1.06 bits per heavy atom. The smallest absolute Gasteiger partial charge is 0.302 e. The van der Waals surface area contributed by atoms with E-state index in [1.165, 1.54) is 18.1 Å². The van der Waals surface area contributed by atoms with Gasteiger partial charge >= 0.3 is 5.97 Å². The van der Waals surface area contributed by atoms with Gasteiger partial charge < -0.3 is 9.16 Å². The first kappa shape index (κ1) is 26.1. The monoisotopic (exact) mass is 448 g/mol. The summed E-state index contributed by atoms with van der Waals surface area (Å²) in [6, 6.07) is 0. The fourth-order valence-corrected chi connectivity index (χ4v) is 11.6. The van der Waals surface area contributed by atoms with Gasteiger partial charge in [-0.1, -0.05) is 58.8 Å². The van der Waals surface area contributed by atoms with Gasteiger partial charge in [-0.15, -0.1) is 0 Å². The quantitative estimate of drug-likeness (QED) is 0.210. The predicted molar refractivity (Wildman–Crippen MR) is 129 cm³/mol. The fraction of sp³-hybridized carbons (Fsp3) is 0.769.